The van der Waals surface area contributed by atoms with Gasteiger partial charge in [-0.25, -0.2) is 0 Å². The average Bonchev–Trinajstić information content (AvgIpc) is 2.81. The van der Waals surface area contributed by atoms with Gasteiger partial charge >= 0.3 is 0 Å². The van der Waals surface area contributed by atoms with Gasteiger partial charge in [0.05, 0.1) is 6.20 Å². The Morgan fingerprint density at radius 3 is 3.06 bits per heavy atom. The lowest BCUT2D eigenvalue weighted by atomic mass is 10.0. The number of rotatable bonds is 6. The van der Waals surface area contributed by atoms with E-state index in [0.29, 0.717) is 0 Å². The Morgan fingerprint density at radius 1 is 1.44 bits per heavy atom. The maximum absolute atomic E-state index is 4.23. The van der Waals surface area contributed by atoms with E-state index in [0.717, 1.165) is 25.6 Å². The molecule has 0 aliphatic carbocycles. The van der Waals surface area contributed by atoms with Gasteiger partial charge in [0.15, 0.2) is 0 Å². The van der Waals surface area contributed by atoms with Crippen LogP contribution in [0.5, 0.6) is 0 Å². The Kier molecular flexibility index (Phi) is 5.20. The molecule has 0 spiro atoms. The van der Waals surface area contributed by atoms with E-state index in [1.54, 1.807) is 0 Å². The quantitative estimate of drug-likeness (QED) is 0.829. The van der Waals surface area contributed by atoms with Crippen molar-refractivity contribution in [2.75, 3.05) is 26.2 Å². The molecule has 0 aromatic carbocycles. The first-order chi connectivity index (χ1) is 8.79. The number of piperidine rings is 1. The van der Waals surface area contributed by atoms with Crippen LogP contribution < -0.4 is 5.32 Å². The maximum Gasteiger partial charge on any atom is 0.0522 e. The van der Waals surface area contributed by atoms with Crippen LogP contribution in [0.4, 0.5) is 0 Å². The average molecular weight is 250 g/mol. The molecule has 0 amide bonds. The summed E-state index contributed by atoms with van der Waals surface area (Å²) in [5, 5.41) is 7.73. The molecule has 102 valence electrons. The topological polar surface area (TPSA) is 33.1 Å². The Morgan fingerprint density at radius 2 is 2.33 bits per heavy atom. The van der Waals surface area contributed by atoms with Crippen LogP contribution in [-0.2, 0) is 13.5 Å². The van der Waals surface area contributed by atoms with Gasteiger partial charge in [0.25, 0.3) is 0 Å². The molecule has 18 heavy (non-hydrogen) atoms. The van der Waals surface area contributed by atoms with Crippen molar-refractivity contribution >= 4 is 0 Å². The van der Waals surface area contributed by atoms with E-state index < -0.39 is 0 Å². The third-order valence-corrected chi connectivity index (χ3v) is 3.83. The SMILES string of the molecule is CCNCC1CCCCN1CCc1cnn(C)c1. The highest BCUT2D eigenvalue weighted by Crippen LogP contribution is 2.17. The van der Waals surface area contributed by atoms with Crippen molar-refractivity contribution in [3.63, 3.8) is 0 Å². The summed E-state index contributed by atoms with van der Waals surface area (Å²) >= 11 is 0. The number of likely N-dealkylation sites (tertiary alicyclic amines) is 1. The van der Waals surface area contributed by atoms with E-state index >= 15 is 0 Å². The number of hydrogen-bond donors (Lipinski definition) is 1. The summed E-state index contributed by atoms with van der Waals surface area (Å²) in [6.07, 6.45) is 9.33. The lowest BCUT2D eigenvalue weighted by Crippen LogP contribution is -2.46. The second kappa shape index (κ2) is 6.90. The molecule has 1 aromatic heterocycles. The Hall–Kier alpha value is -0.870. The monoisotopic (exact) mass is 250 g/mol. The largest absolute Gasteiger partial charge is 0.315 e. The zero-order valence-corrected chi connectivity index (χ0v) is 11.7. The predicted octanol–water partition coefficient (Wildman–Crippen LogP) is 1.43. The number of nitrogens with one attached hydrogen (secondary N) is 1. The van der Waals surface area contributed by atoms with Crippen molar-refractivity contribution in [3.05, 3.63) is 18.0 Å². The molecule has 4 heteroatoms. The first-order valence-electron chi connectivity index (χ1n) is 7.22. The van der Waals surface area contributed by atoms with Gasteiger partial charge in [-0.05, 0) is 37.9 Å². The molecule has 1 unspecified atom stereocenters. The summed E-state index contributed by atoms with van der Waals surface area (Å²) < 4.78 is 1.89. The van der Waals surface area contributed by atoms with Gasteiger partial charge in [0.1, 0.15) is 0 Å². The minimum absolute atomic E-state index is 0.732. The van der Waals surface area contributed by atoms with Crippen LogP contribution in [-0.4, -0.2) is 46.9 Å². The molecule has 1 aromatic rings. The van der Waals surface area contributed by atoms with Gasteiger partial charge in [-0.3, -0.25) is 9.58 Å². The number of aromatic nitrogens is 2. The molecule has 2 rings (SSSR count). The van der Waals surface area contributed by atoms with Crippen molar-refractivity contribution in [1.82, 2.24) is 20.0 Å². The number of aryl methyl sites for hydroxylation is 1. The lowest BCUT2D eigenvalue weighted by Gasteiger charge is -2.35. The van der Waals surface area contributed by atoms with Crippen molar-refractivity contribution in [3.8, 4) is 0 Å². The number of nitrogens with zero attached hydrogens (tertiary/aromatic N) is 3. The Bertz CT molecular complexity index is 347. The molecule has 1 aliphatic heterocycles. The highest BCUT2D eigenvalue weighted by molar-refractivity contribution is 5.04. The summed E-state index contributed by atoms with van der Waals surface area (Å²) in [7, 11) is 1.98. The second-order valence-electron chi connectivity index (χ2n) is 5.27. The third kappa shape index (κ3) is 3.82. The molecule has 1 aliphatic rings. The lowest BCUT2D eigenvalue weighted by molar-refractivity contribution is 0.147. The van der Waals surface area contributed by atoms with E-state index in [1.165, 1.54) is 37.9 Å². The fourth-order valence-corrected chi connectivity index (χ4v) is 2.77. The zero-order chi connectivity index (χ0) is 12.8. The van der Waals surface area contributed by atoms with Gasteiger partial charge in [-0.2, -0.15) is 5.10 Å². The van der Waals surface area contributed by atoms with Crippen LogP contribution in [0.3, 0.4) is 0 Å². The summed E-state index contributed by atoms with van der Waals surface area (Å²) in [6, 6.07) is 0.732. The van der Waals surface area contributed by atoms with Crippen LogP contribution in [0, 0.1) is 0 Å². The van der Waals surface area contributed by atoms with Gasteiger partial charge in [-0.1, -0.05) is 13.3 Å². The van der Waals surface area contributed by atoms with Crippen molar-refractivity contribution < 1.29 is 0 Å². The zero-order valence-electron chi connectivity index (χ0n) is 11.7. The summed E-state index contributed by atoms with van der Waals surface area (Å²) in [6.45, 7) is 6.83. The standard InChI is InChI=1S/C14H26N4/c1-3-15-11-14-6-4-5-8-18(14)9-7-13-10-16-17(2)12-13/h10,12,14-15H,3-9,11H2,1-2H3. The van der Waals surface area contributed by atoms with Crippen molar-refractivity contribution in [2.24, 2.45) is 7.05 Å². The van der Waals surface area contributed by atoms with Crippen LogP contribution in [0.25, 0.3) is 0 Å². The molecule has 2 heterocycles. The molecule has 0 bridgehead atoms. The predicted molar refractivity (Wildman–Crippen MR) is 74.7 cm³/mol. The highest BCUT2D eigenvalue weighted by Gasteiger charge is 2.21. The third-order valence-electron chi connectivity index (χ3n) is 3.83. The molecule has 1 N–H and O–H groups in total. The fraction of sp³-hybridized carbons (Fsp3) is 0.786. The van der Waals surface area contributed by atoms with Crippen LogP contribution >= 0.6 is 0 Å². The van der Waals surface area contributed by atoms with E-state index in [9.17, 15) is 0 Å². The molecule has 4 nitrogen and oxygen atoms in total. The molecule has 0 radical (unpaired) electrons. The molecular formula is C14H26N4. The molecule has 1 saturated heterocycles. The van der Waals surface area contributed by atoms with Crippen molar-refractivity contribution in [2.45, 2.75) is 38.6 Å². The maximum atomic E-state index is 4.23. The molecule has 1 fully saturated rings. The van der Waals surface area contributed by atoms with E-state index in [4.69, 9.17) is 0 Å². The van der Waals surface area contributed by atoms with Crippen LogP contribution in [0.15, 0.2) is 12.4 Å². The first-order valence-corrected chi connectivity index (χ1v) is 7.22. The minimum Gasteiger partial charge on any atom is -0.315 e. The smallest absolute Gasteiger partial charge is 0.0522 e. The van der Waals surface area contributed by atoms with E-state index in [-0.39, 0.29) is 0 Å². The second-order valence-corrected chi connectivity index (χ2v) is 5.27. The van der Waals surface area contributed by atoms with Crippen LogP contribution in [0.2, 0.25) is 0 Å². The highest BCUT2D eigenvalue weighted by atomic mass is 15.2. The molecular weight excluding hydrogens is 224 g/mol. The normalized spacial score (nSPS) is 21.3. The fourth-order valence-electron chi connectivity index (χ4n) is 2.77. The van der Waals surface area contributed by atoms with Gasteiger partial charge in [0.2, 0.25) is 0 Å². The van der Waals surface area contributed by atoms with Gasteiger partial charge in [0, 0.05) is 32.4 Å². The number of hydrogen-bond acceptors (Lipinski definition) is 3. The van der Waals surface area contributed by atoms with E-state index in [2.05, 4.69) is 28.4 Å². The summed E-state index contributed by atoms with van der Waals surface area (Å²) in [4.78, 5) is 2.65. The summed E-state index contributed by atoms with van der Waals surface area (Å²) in [5.74, 6) is 0. The van der Waals surface area contributed by atoms with Gasteiger partial charge in [-0.15, -0.1) is 0 Å². The molecule has 0 saturated carbocycles. The van der Waals surface area contributed by atoms with E-state index in [1.807, 2.05) is 17.9 Å². The number of likely N-dealkylation sites (N-methyl/N-ethyl adjacent to an activating group) is 1. The Balaban J connectivity index is 1.81. The summed E-state index contributed by atoms with van der Waals surface area (Å²) in [5.41, 5.74) is 1.35. The Labute approximate surface area is 110 Å². The van der Waals surface area contributed by atoms with Crippen LogP contribution in [0.1, 0.15) is 31.7 Å². The minimum atomic E-state index is 0.732. The first kappa shape index (κ1) is 13.6. The molecule has 1 atom stereocenters. The van der Waals surface area contributed by atoms with Crippen molar-refractivity contribution in [1.29, 1.82) is 0 Å². The van der Waals surface area contributed by atoms with Gasteiger partial charge < -0.3 is 5.32 Å².